The van der Waals surface area contributed by atoms with E-state index in [0.717, 1.165) is 16.8 Å². The SMILES string of the molecule is CC(C)(C)c1cc(CN(Cc2ccccn2)c2ccccc2O)c(O)c(C(C)(C)C)c1. The third-order valence-corrected chi connectivity index (χ3v) is 5.53. The van der Waals surface area contributed by atoms with Gasteiger partial charge in [0.2, 0.25) is 0 Å². The van der Waals surface area contributed by atoms with Gasteiger partial charge >= 0.3 is 0 Å². The molecule has 0 aliphatic carbocycles. The highest BCUT2D eigenvalue weighted by Gasteiger charge is 2.26. The van der Waals surface area contributed by atoms with Crippen LogP contribution in [-0.4, -0.2) is 15.2 Å². The zero-order chi connectivity index (χ0) is 22.8. The van der Waals surface area contributed by atoms with E-state index in [9.17, 15) is 10.2 Å². The summed E-state index contributed by atoms with van der Waals surface area (Å²) < 4.78 is 0. The average Bonchev–Trinajstić information content (AvgIpc) is 2.68. The van der Waals surface area contributed by atoms with Crippen LogP contribution in [0.2, 0.25) is 0 Å². The van der Waals surface area contributed by atoms with E-state index in [0.29, 0.717) is 24.5 Å². The van der Waals surface area contributed by atoms with Crippen molar-refractivity contribution in [1.29, 1.82) is 0 Å². The molecule has 3 aromatic rings. The Morgan fingerprint density at radius 1 is 0.806 bits per heavy atom. The number of phenolic OH excluding ortho intramolecular Hbond substituents is 2. The maximum atomic E-state index is 11.2. The predicted octanol–water partition coefficient (Wildman–Crippen LogP) is 6.29. The van der Waals surface area contributed by atoms with Crippen molar-refractivity contribution in [3.05, 3.63) is 83.2 Å². The summed E-state index contributed by atoms with van der Waals surface area (Å²) in [4.78, 5) is 6.53. The number of nitrogens with zero attached hydrogens (tertiary/aromatic N) is 2. The topological polar surface area (TPSA) is 56.6 Å². The second-order valence-electron chi connectivity index (χ2n) is 10.2. The standard InChI is InChI=1S/C27H34N2O2/c1-26(2,3)20-15-19(25(31)22(16-20)27(4,5)6)17-29(18-21-11-9-10-14-28-21)23-12-7-8-13-24(23)30/h7-16,30-31H,17-18H2,1-6H3. The van der Waals surface area contributed by atoms with Gasteiger partial charge in [-0.1, -0.05) is 65.8 Å². The monoisotopic (exact) mass is 418 g/mol. The minimum Gasteiger partial charge on any atom is -0.507 e. The van der Waals surface area contributed by atoms with Gasteiger partial charge in [0.1, 0.15) is 11.5 Å². The van der Waals surface area contributed by atoms with E-state index in [1.54, 1.807) is 12.3 Å². The minimum absolute atomic E-state index is 0.0524. The molecule has 0 radical (unpaired) electrons. The predicted molar refractivity (Wildman–Crippen MR) is 128 cm³/mol. The van der Waals surface area contributed by atoms with Gasteiger partial charge < -0.3 is 15.1 Å². The third-order valence-electron chi connectivity index (χ3n) is 5.53. The fourth-order valence-corrected chi connectivity index (χ4v) is 3.67. The summed E-state index contributed by atoms with van der Waals surface area (Å²) in [6.07, 6.45) is 1.77. The number of benzene rings is 2. The Balaban J connectivity index is 2.11. The molecule has 0 fully saturated rings. The Labute approximate surface area is 186 Å². The van der Waals surface area contributed by atoms with E-state index >= 15 is 0 Å². The van der Waals surface area contributed by atoms with Crippen molar-refractivity contribution < 1.29 is 10.2 Å². The first-order valence-electron chi connectivity index (χ1n) is 10.8. The van der Waals surface area contributed by atoms with Crippen molar-refractivity contribution in [2.75, 3.05) is 4.90 Å². The van der Waals surface area contributed by atoms with Gasteiger partial charge in [-0.15, -0.1) is 0 Å². The molecule has 164 valence electrons. The van der Waals surface area contributed by atoms with E-state index in [4.69, 9.17) is 0 Å². The molecule has 1 aromatic heterocycles. The van der Waals surface area contributed by atoms with Crippen molar-refractivity contribution in [1.82, 2.24) is 4.98 Å². The van der Waals surface area contributed by atoms with Crippen molar-refractivity contribution in [3.8, 4) is 11.5 Å². The lowest BCUT2D eigenvalue weighted by atomic mass is 9.79. The van der Waals surface area contributed by atoms with E-state index in [1.807, 2.05) is 36.4 Å². The van der Waals surface area contributed by atoms with Gasteiger partial charge in [-0.3, -0.25) is 4.98 Å². The van der Waals surface area contributed by atoms with Gasteiger partial charge in [-0.25, -0.2) is 0 Å². The van der Waals surface area contributed by atoms with Gasteiger partial charge in [0.15, 0.2) is 0 Å². The lowest BCUT2D eigenvalue weighted by Gasteiger charge is -2.30. The molecule has 0 aliphatic rings. The zero-order valence-electron chi connectivity index (χ0n) is 19.5. The Hall–Kier alpha value is -3.01. The smallest absolute Gasteiger partial charge is 0.138 e. The molecule has 31 heavy (non-hydrogen) atoms. The molecule has 2 N–H and O–H groups in total. The van der Waals surface area contributed by atoms with Crippen LogP contribution >= 0.6 is 0 Å². The van der Waals surface area contributed by atoms with Crippen LogP contribution < -0.4 is 4.90 Å². The maximum Gasteiger partial charge on any atom is 0.138 e. The first-order valence-corrected chi connectivity index (χ1v) is 10.8. The van der Waals surface area contributed by atoms with E-state index in [-0.39, 0.29) is 16.6 Å². The first kappa shape index (κ1) is 22.7. The van der Waals surface area contributed by atoms with Gasteiger partial charge in [0, 0.05) is 18.3 Å². The third kappa shape index (κ3) is 5.38. The normalized spacial score (nSPS) is 12.1. The summed E-state index contributed by atoms with van der Waals surface area (Å²) in [6, 6.07) is 17.3. The van der Waals surface area contributed by atoms with Crippen LogP contribution in [0.5, 0.6) is 11.5 Å². The van der Waals surface area contributed by atoms with Crippen LogP contribution in [0, 0.1) is 0 Å². The Kier molecular flexibility index (Phi) is 6.30. The number of hydrogen-bond acceptors (Lipinski definition) is 4. The highest BCUT2D eigenvalue weighted by molar-refractivity contribution is 5.59. The first-order chi connectivity index (χ1) is 14.5. The Bertz CT molecular complexity index is 1030. The molecule has 4 heteroatoms. The molecule has 1 heterocycles. The average molecular weight is 419 g/mol. The maximum absolute atomic E-state index is 11.2. The molecule has 0 saturated heterocycles. The van der Waals surface area contributed by atoms with Crippen molar-refractivity contribution >= 4 is 5.69 Å². The Morgan fingerprint density at radius 3 is 2.06 bits per heavy atom. The summed E-state index contributed by atoms with van der Waals surface area (Å²) in [5.74, 6) is 0.530. The number of para-hydroxylation sites is 2. The Morgan fingerprint density at radius 2 is 1.48 bits per heavy atom. The number of anilines is 1. The highest BCUT2D eigenvalue weighted by Crippen LogP contribution is 2.39. The number of phenols is 2. The van der Waals surface area contributed by atoms with E-state index in [1.165, 1.54) is 5.56 Å². The van der Waals surface area contributed by atoms with Gasteiger partial charge in [-0.2, -0.15) is 0 Å². The van der Waals surface area contributed by atoms with Crippen LogP contribution in [0.1, 0.15) is 63.9 Å². The lowest BCUT2D eigenvalue weighted by Crippen LogP contribution is -2.24. The fraction of sp³-hybridized carbons (Fsp3) is 0.370. The molecule has 0 bridgehead atoms. The lowest BCUT2D eigenvalue weighted by molar-refractivity contribution is 0.436. The molecule has 0 saturated carbocycles. The number of aromatic hydroxyl groups is 2. The zero-order valence-corrected chi connectivity index (χ0v) is 19.5. The van der Waals surface area contributed by atoms with Crippen LogP contribution in [0.3, 0.4) is 0 Å². The molecule has 0 spiro atoms. The quantitative estimate of drug-likeness (QED) is 0.511. The molecule has 0 amide bonds. The van der Waals surface area contributed by atoms with Crippen LogP contribution in [0.4, 0.5) is 5.69 Å². The second kappa shape index (κ2) is 8.62. The van der Waals surface area contributed by atoms with E-state index in [2.05, 4.69) is 63.6 Å². The van der Waals surface area contributed by atoms with Crippen molar-refractivity contribution in [2.24, 2.45) is 0 Å². The molecule has 2 aromatic carbocycles. The van der Waals surface area contributed by atoms with Crippen LogP contribution in [-0.2, 0) is 23.9 Å². The highest BCUT2D eigenvalue weighted by atomic mass is 16.3. The summed E-state index contributed by atoms with van der Waals surface area (Å²) in [6.45, 7) is 13.9. The number of pyridine rings is 1. The largest absolute Gasteiger partial charge is 0.507 e. The molecule has 3 rings (SSSR count). The number of hydrogen-bond donors (Lipinski definition) is 2. The molecule has 0 aliphatic heterocycles. The summed E-state index contributed by atoms with van der Waals surface area (Å²) >= 11 is 0. The summed E-state index contributed by atoms with van der Waals surface area (Å²) in [7, 11) is 0. The van der Waals surface area contributed by atoms with Crippen LogP contribution in [0.15, 0.2) is 60.8 Å². The molecule has 4 nitrogen and oxygen atoms in total. The van der Waals surface area contributed by atoms with Crippen LogP contribution in [0.25, 0.3) is 0 Å². The van der Waals surface area contributed by atoms with Gasteiger partial charge in [0.25, 0.3) is 0 Å². The van der Waals surface area contributed by atoms with Crippen molar-refractivity contribution in [2.45, 2.75) is 65.5 Å². The molecule has 0 unspecified atom stereocenters. The summed E-state index contributed by atoms with van der Waals surface area (Å²) in [5.41, 5.74) is 4.32. The van der Waals surface area contributed by atoms with Gasteiger partial charge in [-0.05, 0) is 52.3 Å². The molecular weight excluding hydrogens is 384 g/mol. The summed E-state index contributed by atoms with van der Waals surface area (Å²) in [5, 5.41) is 21.8. The minimum atomic E-state index is -0.194. The fourth-order valence-electron chi connectivity index (χ4n) is 3.67. The second-order valence-corrected chi connectivity index (χ2v) is 10.2. The molecule has 0 atom stereocenters. The number of rotatable bonds is 5. The van der Waals surface area contributed by atoms with E-state index < -0.39 is 0 Å². The van der Waals surface area contributed by atoms with Gasteiger partial charge in [0.05, 0.1) is 17.9 Å². The molecular formula is C27H34N2O2. The van der Waals surface area contributed by atoms with Crippen molar-refractivity contribution in [3.63, 3.8) is 0 Å². The number of aromatic nitrogens is 1.